The number of nitrogens with zero attached hydrogens (tertiary/aromatic N) is 2. The van der Waals surface area contributed by atoms with Crippen molar-refractivity contribution in [1.29, 1.82) is 0 Å². The summed E-state index contributed by atoms with van der Waals surface area (Å²) < 4.78 is 0. The number of hydrogen-bond acceptors (Lipinski definition) is 4. The van der Waals surface area contributed by atoms with Crippen LogP contribution in [0.2, 0.25) is 0 Å². The van der Waals surface area contributed by atoms with E-state index in [9.17, 15) is 9.90 Å². The minimum atomic E-state index is 0.0184. The van der Waals surface area contributed by atoms with Crippen LogP contribution in [0.3, 0.4) is 0 Å². The van der Waals surface area contributed by atoms with Crippen molar-refractivity contribution in [3.8, 4) is 0 Å². The van der Waals surface area contributed by atoms with Gasteiger partial charge in [0.25, 0.3) is 0 Å². The van der Waals surface area contributed by atoms with Crippen molar-refractivity contribution in [2.75, 3.05) is 18.0 Å². The summed E-state index contributed by atoms with van der Waals surface area (Å²) in [5.74, 6) is 1.57. The largest absolute Gasteiger partial charge is 0.392 e. The molecular formula is C14H19N3O2. The Hall–Kier alpha value is -1.62. The van der Waals surface area contributed by atoms with Gasteiger partial charge in [-0.15, -0.1) is 0 Å². The highest BCUT2D eigenvalue weighted by atomic mass is 16.3. The van der Waals surface area contributed by atoms with E-state index in [0.29, 0.717) is 18.4 Å². The Kier molecular flexibility index (Phi) is 3.38. The molecule has 3 rings (SSSR count). The van der Waals surface area contributed by atoms with E-state index >= 15 is 0 Å². The number of hydrogen-bond donors (Lipinski definition) is 2. The lowest BCUT2D eigenvalue weighted by atomic mass is 9.85. The van der Waals surface area contributed by atoms with Crippen LogP contribution in [0.15, 0.2) is 18.3 Å². The summed E-state index contributed by atoms with van der Waals surface area (Å²) in [4.78, 5) is 18.0. The summed E-state index contributed by atoms with van der Waals surface area (Å²) in [6.07, 6.45) is 4.31. The maximum absolute atomic E-state index is 11.4. The van der Waals surface area contributed by atoms with Crippen LogP contribution in [0.1, 0.15) is 24.8 Å². The fraction of sp³-hybridized carbons (Fsp3) is 0.571. The van der Waals surface area contributed by atoms with Gasteiger partial charge in [-0.05, 0) is 24.8 Å². The average molecular weight is 261 g/mol. The standard InChI is InChI=1S/C14H19N3O2/c18-9-11-2-1-6-15-14(11)17-7-5-12-10(8-17)3-4-13(19)16-12/h1-2,6,10,12,18H,3-5,7-9H2,(H,16,19). The molecule has 102 valence electrons. The van der Waals surface area contributed by atoms with Gasteiger partial charge < -0.3 is 15.3 Å². The van der Waals surface area contributed by atoms with E-state index in [4.69, 9.17) is 0 Å². The first kappa shape index (κ1) is 12.4. The molecule has 5 heteroatoms. The molecule has 0 aromatic carbocycles. The SMILES string of the molecule is O=C1CCC2CN(c3ncccc3CO)CCC2N1. The monoisotopic (exact) mass is 261 g/mol. The first-order valence-corrected chi connectivity index (χ1v) is 6.87. The fourth-order valence-electron chi connectivity index (χ4n) is 3.14. The Morgan fingerprint density at radius 3 is 3.21 bits per heavy atom. The Balaban J connectivity index is 1.76. The van der Waals surface area contributed by atoms with Gasteiger partial charge in [0.1, 0.15) is 5.82 Å². The molecular weight excluding hydrogens is 242 g/mol. The quantitative estimate of drug-likeness (QED) is 0.821. The van der Waals surface area contributed by atoms with Gasteiger partial charge in [0.2, 0.25) is 5.91 Å². The van der Waals surface area contributed by atoms with Crippen molar-refractivity contribution in [3.05, 3.63) is 23.9 Å². The second-order valence-electron chi connectivity index (χ2n) is 5.35. The first-order valence-electron chi connectivity index (χ1n) is 6.87. The van der Waals surface area contributed by atoms with Crippen molar-refractivity contribution in [2.45, 2.75) is 31.9 Å². The lowest BCUT2D eigenvalue weighted by Gasteiger charge is -2.42. The summed E-state index contributed by atoms with van der Waals surface area (Å²) in [5, 5.41) is 12.5. The van der Waals surface area contributed by atoms with E-state index in [2.05, 4.69) is 15.2 Å². The molecule has 2 saturated heterocycles. The molecule has 2 aliphatic heterocycles. The molecule has 1 aromatic rings. The second kappa shape index (κ2) is 5.17. The van der Waals surface area contributed by atoms with Crippen LogP contribution in [0.25, 0.3) is 0 Å². The smallest absolute Gasteiger partial charge is 0.220 e. The third-order valence-corrected chi connectivity index (χ3v) is 4.16. The zero-order valence-electron chi connectivity index (χ0n) is 10.9. The zero-order chi connectivity index (χ0) is 13.2. The molecule has 2 fully saturated rings. The molecule has 5 nitrogen and oxygen atoms in total. The van der Waals surface area contributed by atoms with E-state index in [1.165, 1.54) is 0 Å². The van der Waals surface area contributed by atoms with Gasteiger partial charge in [-0.3, -0.25) is 4.79 Å². The van der Waals surface area contributed by atoms with E-state index in [0.717, 1.165) is 37.3 Å². The van der Waals surface area contributed by atoms with Crippen LogP contribution in [0.4, 0.5) is 5.82 Å². The molecule has 0 aliphatic carbocycles. The molecule has 0 radical (unpaired) electrons. The minimum absolute atomic E-state index is 0.0184. The van der Waals surface area contributed by atoms with E-state index < -0.39 is 0 Å². The number of carbonyl (C=O) groups is 1. The van der Waals surface area contributed by atoms with Crippen molar-refractivity contribution in [2.24, 2.45) is 5.92 Å². The first-order chi connectivity index (χ1) is 9.28. The van der Waals surface area contributed by atoms with E-state index in [1.54, 1.807) is 6.20 Å². The third kappa shape index (κ3) is 2.42. The molecule has 0 spiro atoms. The third-order valence-electron chi connectivity index (χ3n) is 4.16. The number of amides is 1. The van der Waals surface area contributed by atoms with Crippen LogP contribution in [-0.4, -0.2) is 35.1 Å². The van der Waals surface area contributed by atoms with E-state index in [1.807, 2.05) is 12.1 Å². The highest BCUT2D eigenvalue weighted by Gasteiger charge is 2.34. The summed E-state index contributed by atoms with van der Waals surface area (Å²) >= 11 is 0. The van der Waals surface area contributed by atoms with Crippen molar-refractivity contribution in [3.63, 3.8) is 0 Å². The Bertz CT molecular complexity index is 478. The highest BCUT2D eigenvalue weighted by molar-refractivity contribution is 5.77. The predicted octanol–water partition coefficient (Wildman–Crippen LogP) is 0.679. The van der Waals surface area contributed by atoms with Gasteiger partial charge in [0, 0.05) is 37.3 Å². The predicted molar refractivity (Wildman–Crippen MR) is 71.6 cm³/mol. The summed E-state index contributed by atoms with van der Waals surface area (Å²) in [5.41, 5.74) is 0.876. The molecule has 2 N–H and O–H groups in total. The summed E-state index contributed by atoms with van der Waals surface area (Å²) in [7, 11) is 0. The van der Waals surface area contributed by atoms with Crippen LogP contribution < -0.4 is 10.2 Å². The second-order valence-corrected chi connectivity index (χ2v) is 5.35. The molecule has 1 amide bonds. The zero-order valence-corrected chi connectivity index (χ0v) is 10.9. The number of aromatic nitrogens is 1. The topological polar surface area (TPSA) is 65.5 Å². The van der Waals surface area contributed by atoms with Crippen LogP contribution >= 0.6 is 0 Å². The number of aliphatic hydroxyl groups excluding tert-OH is 1. The summed E-state index contributed by atoms with van der Waals surface area (Å²) in [6, 6.07) is 4.08. The normalized spacial score (nSPS) is 26.8. The molecule has 0 saturated carbocycles. The van der Waals surface area contributed by atoms with Crippen LogP contribution in [-0.2, 0) is 11.4 Å². The molecule has 2 aliphatic rings. The molecule has 0 bridgehead atoms. The Morgan fingerprint density at radius 2 is 2.37 bits per heavy atom. The Labute approximate surface area is 112 Å². The maximum atomic E-state index is 11.4. The molecule has 2 atom stereocenters. The molecule has 1 aromatic heterocycles. The van der Waals surface area contributed by atoms with Crippen molar-refractivity contribution in [1.82, 2.24) is 10.3 Å². The van der Waals surface area contributed by atoms with Crippen molar-refractivity contribution < 1.29 is 9.90 Å². The lowest BCUT2D eigenvalue weighted by Crippen LogP contribution is -2.54. The molecule has 2 unspecified atom stereocenters. The number of aliphatic hydroxyl groups is 1. The number of carbonyl (C=O) groups excluding carboxylic acids is 1. The maximum Gasteiger partial charge on any atom is 0.220 e. The lowest BCUT2D eigenvalue weighted by molar-refractivity contribution is -0.124. The number of fused-ring (bicyclic) bond motifs is 1. The number of anilines is 1. The van der Waals surface area contributed by atoms with Gasteiger partial charge in [-0.2, -0.15) is 0 Å². The fourth-order valence-corrected chi connectivity index (χ4v) is 3.14. The summed E-state index contributed by atoms with van der Waals surface area (Å²) in [6.45, 7) is 1.81. The number of pyridine rings is 1. The van der Waals surface area contributed by atoms with Crippen LogP contribution in [0, 0.1) is 5.92 Å². The average Bonchev–Trinajstić information content (AvgIpc) is 2.46. The highest BCUT2D eigenvalue weighted by Crippen LogP contribution is 2.29. The van der Waals surface area contributed by atoms with Gasteiger partial charge in [0.05, 0.1) is 6.61 Å². The van der Waals surface area contributed by atoms with Gasteiger partial charge in [0.15, 0.2) is 0 Å². The number of nitrogens with one attached hydrogen (secondary N) is 1. The number of piperidine rings is 2. The minimum Gasteiger partial charge on any atom is -0.392 e. The van der Waals surface area contributed by atoms with Gasteiger partial charge in [-0.25, -0.2) is 4.98 Å². The molecule has 19 heavy (non-hydrogen) atoms. The van der Waals surface area contributed by atoms with Crippen molar-refractivity contribution >= 4 is 11.7 Å². The molecule has 3 heterocycles. The Morgan fingerprint density at radius 1 is 1.47 bits per heavy atom. The number of rotatable bonds is 2. The van der Waals surface area contributed by atoms with Gasteiger partial charge >= 0.3 is 0 Å². The van der Waals surface area contributed by atoms with Gasteiger partial charge in [-0.1, -0.05) is 6.07 Å². The van der Waals surface area contributed by atoms with Crippen LogP contribution in [0.5, 0.6) is 0 Å². The van der Waals surface area contributed by atoms with E-state index in [-0.39, 0.29) is 12.5 Å².